The summed E-state index contributed by atoms with van der Waals surface area (Å²) in [5.41, 5.74) is 2.57. The molecule has 3 aromatic heterocycles. The number of piperidine rings is 1. The Morgan fingerprint density at radius 3 is 2.70 bits per heavy atom. The molecule has 0 saturated carbocycles. The summed E-state index contributed by atoms with van der Waals surface area (Å²) in [6, 6.07) is 14.0. The summed E-state index contributed by atoms with van der Waals surface area (Å²) in [5, 5.41) is 21.7. The van der Waals surface area contributed by atoms with E-state index in [0.29, 0.717) is 47.1 Å². The van der Waals surface area contributed by atoms with Crippen LogP contribution < -0.4 is 10.2 Å². The zero-order chi connectivity index (χ0) is 22.8. The number of nitrogens with one attached hydrogen (secondary N) is 1. The van der Waals surface area contributed by atoms with Gasteiger partial charge in [-0.05, 0) is 60.9 Å². The molecule has 1 saturated heterocycles. The standard InChI is InChI=1S/C23H22ClN7O2/c24-19-3-1-9-26-21(19)30(18-11-15(14-32)12-25-13-18)23(33)16-5-7-17(8-6-16)31-22-20(28-29-31)4-2-10-27-22/h1-10,15,18,25,32H,11-14H2/t15-,18+/m0/s1. The SMILES string of the molecule is O=C(c1ccc(-n2nnc3cccnc32)cc1)N(c1ncccc1Cl)[C@H]1CNC[C@@H](CO)C1. The molecular formula is C23H22ClN7O2. The monoisotopic (exact) mass is 463 g/mol. The number of aliphatic hydroxyl groups excluding tert-OH is 1. The molecule has 4 aromatic rings. The highest BCUT2D eigenvalue weighted by Gasteiger charge is 2.33. The minimum atomic E-state index is -0.214. The number of hydrogen-bond acceptors (Lipinski definition) is 7. The second kappa shape index (κ2) is 9.22. The van der Waals surface area contributed by atoms with E-state index in [1.54, 1.807) is 46.2 Å². The van der Waals surface area contributed by atoms with Gasteiger partial charge in [-0.3, -0.25) is 9.69 Å². The minimum Gasteiger partial charge on any atom is -0.396 e. The number of amides is 1. The van der Waals surface area contributed by atoms with Gasteiger partial charge in [0.15, 0.2) is 11.5 Å². The largest absolute Gasteiger partial charge is 0.396 e. The number of carbonyl (C=O) groups is 1. The molecule has 2 N–H and O–H groups in total. The fourth-order valence-electron chi connectivity index (χ4n) is 4.15. The fourth-order valence-corrected chi connectivity index (χ4v) is 4.37. The van der Waals surface area contributed by atoms with Crippen molar-refractivity contribution in [2.75, 3.05) is 24.6 Å². The van der Waals surface area contributed by atoms with Crippen LogP contribution in [0.3, 0.4) is 0 Å². The molecule has 2 atom stereocenters. The van der Waals surface area contributed by atoms with Crippen LogP contribution in [0.2, 0.25) is 5.02 Å². The van der Waals surface area contributed by atoms with Crippen molar-refractivity contribution >= 4 is 34.5 Å². The number of rotatable bonds is 5. The van der Waals surface area contributed by atoms with E-state index in [1.807, 2.05) is 24.3 Å². The van der Waals surface area contributed by atoms with E-state index in [2.05, 4.69) is 25.6 Å². The zero-order valence-corrected chi connectivity index (χ0v) is 18.4. The summed E-state index contributed by atoms with van der Waals surface area (Å²) in [5.74, 6) is 0.247. The van der Waals surface area contributed by atoms with E-state index in [4.69, 9.17) is 11.6 Å². The average molecular weight is 464 g/mol. The molecule has 168 valence electrons. The Kier molecular flexibility index (Phi) is 5.99. The number of halogens is 1. The molecular weight excluding hydrogens is 442 g/mol. The van der Waals surface area contributed by atoms with Crippen molar-refractivity contribution in [1.29, 1.82) is 0 Å². The predicted octanol–water partition coefficient (Wildman–Crippen LogP) is 2.48. The number of aliphatic hydroxyl groups is 1. The van der Waals surface area contributed by atoms with Crippen molar-refractivity contribution in [1.82, 2.24) is 30.3 Å². The maximum atomic E-state index is 13.7. The first-order valence-electron chi connectivity index (χ1n) is 10.7. The van der Waals surface area contributed by atoms with Gasteiger partial charge in [-0.25, -0.2) is 9.97 Å². The van der Waals surface area contributed by atoms with Gasteiger partial charge in [-0.15, -0.1) is 5.10 Å². The quantitative estimate of drug-likeness (QED) is 0.468. The van der Waals surface area contributed by atoms with Crippen LogP contribution in [0.4, 0.5) is 5.82 Å². The van der Waals surface area contributed by atoms with Crippen LogP contribution in [-0.4, -0.2) is 61.7 Å². The summed E-state index contributed by atoms with van der Waals surface area (Å²) >= 11 is 6.44. The third-order valence-electron chi connectivity index (χ3n) is 5.80. The molecule has 0 unspecified atom stereocenters. The topological polar surface area (TPSA) is 109 Å². The number of nitrogens with zero attached hydrogens (tertiary/aromatic N) is 6. The first-order chi connectivity index (χ1) is 16.2. The van der Waals surface area contributed by atoms with Gasteiger partial charge in [0.05, 0.1) is 16.8 Å². The lowest BCUT2D eigenvalue weighted by atomic mass is 9.94. The van der Waals surface area contributed by atoms with Gasteiger partial charge in [-0.1, -0.05) is 16.8 Å². The Balaban J connectivity index is 1.48. The Hall–Kier alpha value is -3.40. The number of aromatic nitrogens is 5. The molecule has 1 fully saturated rings. The van der Waals surface area contributed by atoms with Crippen molar-refractivity contribution in [2.45, 2.75) is 12.5 Å². The maximum Gasteiger partial charge on any atom is 0.259 e. The Labute approximate surface area is 195 Å². The van der Waals surface area contributed by atoms with Crippen LogP contribution in [0.25, 0.3) is 16.9 Å². The first-order valence-corrected chi connectivity index (χ1v) is 11.1. The highest BCUT2D eigenvalue weighted by molar-refractivity contribution is 6.33. The number of benzene rings is 1. The molecule has 0 spiro atoms. The van der Waals surface area contributed by atoms with Crippen LogP contribution in [0.1, 0.15) is 16.8 Å². The Morgan fingerprint density at radius 1 is 1.12 bits per heavy atom. The molecule has 0 bridgehead atoms. The highest BCUT2D eigenvalue weighted by atomic mass is 35.5. The third kappa shape index (κ3) is 4.18. The summed E-state index contributed by atoms with van der Waals surface area (Å²) in [6.07, 6.45) is 3.95. The molecule has 0 radical (unpaired) electrons. The van der Waals surface area contributed by atoms with Crippen molar-refractivity contribution < 1.29 is 9.90 Å². The maximum absolute atomic E-state index is 13.7. The number of fused-ring (bicyclic) bond motifs is 1. The second-order valence-corrected chi connectivity index (χ2v) is 8.38. The Morgan fingerprint density at radius 2 is 1.91 bits per heavy atom. The predicted molar refractivity (Wildman–Crippen MR) is 125 cm³/mol. The van der Waals surface area contributed by atoms with Gasteiger partial charge in [-0.2, -0.15) is 4.68 Å². The van der Waals surface area contributed by atoms with E-state index in [1.165, 1.54) is 0 Å². The van der Waals surface area contributed by atoms with E-state index in [-0.39, 0.29) is 24.5 Å². The van der Waals surface area contributed by atoms with Crippen LogP contribution >= 0.6 is 11.6 Å². The van der Waals surface area contributed by atoms with Crippen molar-refractivity contribution in [3.8, 4) is 5.69 Å². The molecule has 1 amide bonds. The van der Waals surface area contributed by atoms with E-state index < -0.39 is 0 Å². The van der Waals surface area contributed by atoms with Gasteiger partial charge in [0, 0.05) is 37.7 Å². The van der Waals surface area contributed by atoms with E-state index >= 15 is 0 Å². The van der Waals surface area contributed by atoms with Gasteiger partial charge in [0.25, 0.3) is 5.91 Å². The van der Waals surface area contributed by atoms with Crippen LogP contribution in [-0.2, 0) is 0 Å². The van der Waals surface area contributed by atoms with Gasteiger partial charge >= 0.3 is 0 Å². The highest BCUT2D eigenvalue weighted by Crippen LogP contribution is 2.29. The summed E-state index contributed by atoms with van der Waals surface area (Å²) in [7, 11) is 0. The average Bonchev–Trinajstić information content (AvgIpc) is 3.30. The molecule has 10 heteroatoms. The van der Waals surface area contributed by atoms with Crippen molar-refractivity contribution in [3.63, 3.8) is 0 Å². The molecule has 1 aliphatic heterocycles. The first kappa shape index (κ1) is 21.4. The normalized spacial score (nSPS) is 18.4. The second-order valence-electron chi connectivity index (χ2n) is 7.97. The van der Waals surface area contributed by atoms with Crippen molar-refractivity contribution in [2.24, 2.45) is 5.92 Å². The van der Waals surface area contributed by atoms with Gasteiger partial charge in [0.2, 0.25) is 0 Å². The lowest BCUT2D eigenvalue weighted by Crippen LogP contribution is -2.52. The number of hydrogen-bond donors (Lipinski definition) is 2. The minimum absolute atomic E-state index is 0.0517. The number of carbonyl (C=O) groups excluding carboxylic acids is 1. The lowest BCUT2D eigenvalue weighted by Gasteiger charge is -2.37. The Bertz CT molecular complexity index is 1280. The lowest BCUT2D eigenvalue weighted by molar-refractivity contribution is 0.0960. The van der Waals surface area contributed by atoms with E-state index in [0.717, 1.165) is 5.69 Å². The molecule has 4 heterocycles. The summed E-state index contributed by atoms with van der Waals surface area (Å²) < 4.78 is 1.63. The fraction of sp³-hybridized carbons (Fsp3) is 0.261. The number of pyridine rings is 2. The van der Waals surface area contributed by atoms with Gasteiger partial charge < -0.3 is 10.4 Å². The van der Waals surface area contributed by atoms with E-state index in [9.17, 15) is 9.90 Å². The molecule has 1 aliphatic rings. The zero-order valence-electron chi connectivity index (χ0n) is 17.7. The molecule has 5 rings (SSSR count). The summed E-state index contributed by atoms with van der Waals surface area (Å²) in [4.78, 5) is 24.1. The smallest absolute Gasteiger partial charge is 0.259 e. The van der Waals surface area contributed by atoms with Crippen LogP contribution in [0, 0.1) is 5.92 Å². The number of anilines is 1. The molecule has 0 aliphatic carbocycles. The summed E-state index contributed by atoms with van der Waals surface area (Å²) in [6.45, 7) is 1.35. The van der Waals surface area contributed by atoms with Crippen LogP contribution in [0.15, 0.2) is 60.9 Å². The van der Waals surface area contributed by atoms with Crippen molar-refractivity contribution in [3.05, 3.63) is 71.5 Å². The third-order valence-corrected chi connectivity index (χ3v) is 6.09. The van der Waals surface area contributed by atoms with Gasteiger partial charge in [0.1, 0.15) is 5.52 Å². The molecule has 1 aromatic carbocycles. The molecule has 9 nitrogen and oxygen atoms in total. The van der Waals surface area contributed by atoms with Crippen LogP contribution in [0.5, 0.6) is 0 Å². The molecule has 33 heavy (non-hydrogen) atoms.